The van der Waals surface area contributed by atoms with Crippen LogP contribution in [0.15, 0.2) is 54.7 Å². The quantitative estimate of drug-likeness (QED) is 0.502. The highest BCUT2D eigenvalue weighted by atomic mass is 16.6. The number of hydrogen-bond donors (Lipinski definition) is 0. The molecule has 0 spiro atoms. The van der Waals surface area contributed by atoms with E-state index < -0.39 is 0 Å². The Morgan fingerprint density at radius 2 is 1.79 bits per heavy atom. The Balaban J connectivity index is 1.52. The van der Waals surface area contributed by atoms with Crippen molar-refractivity contribution in [2.24, 2.45) is 0 Å². The second-order valence-electron chi connectivity index (χ2n) is 7.09. The Hall–Kier alpha value is -3.48. The lowest BCUT2D eigenvalue weighted by atomic mass is 10.1. The van der Waals surface area contributed by atoms with Crippen LogP contribution < -0.4 is 4.90 Å². The van der Waals surface area contributed by atoms with Crippen LogP contribution in [0, 0.1) is 10.1 Å². The lowest BCUT2D eigenvalue weighted by Gasteiger charge is -2.36. The number of pyridine rings is 1. The first-order valence-electron chi connectivity index (χ1n) is 9.73. The number of hydrogen-bond acceptors (Lipinski definition) is 5. The van der Waals surface area contributed by atoms with Gasteiger partial charge >= 0.3 is 0 Å². The van der Waals surface area contributed by atoms with Gasteiger partial charge in [0.25, 0.3) is 11.6 Å². The van der Waals surface area contributed by atoms with Crippen molar-refractivity contribution in [3.63, 3.8) is 0 Å². The highest BCUT2D eigenvalue weighted by molar-refractivity contribution is 5.97. The van der Waals surface area contributed by atoms with Crippen LogP contribution >= 0.6 is 0 Å². The van der Waals surface area contributed by atoms with Gasteiger partial charge < -0.3 is 9.80 Å². The Kier molecular flexibility index (Phi) is 5.12. The first-order valence-corrected chi connectivity index (χ1v) is 9.73. The number of fused-ring (bicyclic) bond motifs is 1. The van der Waals surface area contributed by atoms with E-state index in [-0.39, 0.29) is 16.5 Å². The molecule has 1 aliphatic heterocycles. The van der Waals surface area contributed by atoms with E-state index in [0.29, 0.717) is 42.6 Å². The van der Waals surface area contributed by atoms with E-state index in [2.05, 4.69) is 16.8 Å². The number of amides is 1. The molecule has 1 amide bonds. The predicted octanol–water partition coefficient (Wildman–Crippen LogP) is 3.67. The topological polar surface area (TPSA) is 79.6 Å². The Bertz CT molecular complexity index is 1060. The van der Waals surface area contributed by atoms with Gasteiger partial charge in [-0.2, -0.15) is 0 Å². The van der Waals surface area contributed by atoms with Crippen LogP contribution in [0.3, 0.4) is 0 Å². The van der Waals surface area contributed by atoms with Gasteiger partial charge in [0, 0.05) is 44.0 Å². The normalized spacial score (nSPS) is 14.2. The summed E-state index contributed by atoms with van der Waals surface area (Å²) in [5, 5.41) is 11.8. The first kappa shape index (κ1) is 18.9. The predicted molar refractivity (Wildman–Crippen MR) is 112 cm³/mol. The minimum absolute atomic E-state index is 0.0407. The number of nitro benzene ring substituents is 1. The smallest absolute Gasteiger partial charge is 0.278 e. The van der Waals surface area contributed by atoms with E-state index >= 15 is 0 Å². The number of nitrogens with zero attached hydrogens (tertiary/aromatic N) is 4. The van der Waals surface area contributed by atoms with Crippen LogP contribution in [0.25, 0.3) is 10.9 Å². The summed E-state index contributed by atoms with van der Waals surface area (Å²) in [4.78, 5) is 32.1. The maximum Gasteiger partial charge on any atom is 0.278 e. The molecule has 0 bridgehead atoms. The lowest BCUT2D eigenvalue weighted by molar-refractivity contribution is -0.383. The van der Waals surface area contributed by atoms with Crippen molar-refractivity contribution in [2.45, 2.75) is 13.3 Å². The second kappa shape index (κ2) is 7.87. The fourth-order valence-electron chi connectivity index (χ4n) is 3.77. The van der Waals surface area contributed by atoms with Crippen molar-refractivity contribution >= 4 is 28.2 Å². The fourth-order valence-corrected chi connectivity index (χ4v) is 3.77. The number of benzene rings is 2. The van der Waals surface area contributed by atoms with E-state index in [4.69, 9.17) is 0 Å². The molecule has 2 heterocycles. The standard InChI is InChI=1S/C22H22N4O3/c1-2-16-5-7-17(8-6-16)22(27)25-14-12-24(13-15-25)20-10-9-19(26(28)29)18-4-3-11-23-21(18)20/h3-11H,2,12-15H2,1H3. The van der Waals surface area contributed by atoms with Gasteiger partial charge in [-0.05, 0) is 42.3 Å². The Morgan fingerprint density at radius 3 is 2.45 bits per heavy atom. The van der Waals surface area contributed by atoms with Crippen molar-refractivity contribution in [1.82, 2.24) is 9.88 Å². The summed E-state index contributed by atoms with van der Waals surface area (Å²) in [6.07, 6.45) is 2.60. The van der Waals surface area contributed by atoms with Crippen molar-refractivity contribution in [3.05, 3.63) is 76.0 Å². The van der Waals surface area contributed by atoms with Crippen LogP contribution in [0.4, 0.5) is 11.4 Å². The number of carbonyl (C=O) groups is 1. The molecule has 1 saturated heterocycles. The number of non-ortho nitro benzene ring substituents is 1. The molecular weight excluding hydrogens is 368 g/mol. The Labute approximate surface area is 168 Å². The third-order valence-electron chi connectivity index (χ3n) is 5.44. The minimum atomic E-state index is -0.381. The average molecular weight is 390 g/mol. The summed E-state index contributed by atoms with van der Waals surface area (Å²) in [6, 6.07) is 14.5. The highest BCUT2D eigenvalue weighted by Gasteiger charge is 2.25. The number of piperazine rings is 1. The third-order valence-corrected chi connectivity index (χ3v) is 5.44. The van der Waals surface area contributed by atoms with E-state index in [9.17, 15) is 14.9 Å². The molecule has 7 heteroatoms. The van der Waals surface area contributed by atoms with E-state index in [1.54, 1.807) is 24.4 Å². The second-order valence-corrected chi connectivity index (χ2v) is 7.09. The van der Waals surface area contributed by atoms with Gasteiger partial charge in [-0.1, -0.05) is 19.1 Å². The molecule has 0 atom stereocenters. The van der Waals surface area contributed by atoms with E-state index in [1.165, 1.54) is 11.6 Å². The molecule has 4 rings (SSSR count). The summed E-state index contributed by atoms with van der Waals surface area (Å²) in [7, 11) is 0. The maximum atomic E-state index is 12.8. The summed E-state index contributed by atoms with van der Waals surface area (Å²) in [6.45, 7) is 4.59. The van der Waals surface area contributed by atoms with Crippen LogP contribution in [0.5, 0.6) is 0 Å². The molecule has 2 aromatic carbocycles. The van der Waals surface area contributed by atoms with Gasteiger partial charge in [-0.3, -0.25) is 19.9 Å². The molecule has 3 aromatic rings. The Morgan fingerprint density at radius 1 is 1.07 bits per heavy atom. The number of carbonyl (C=O) groups excluding carboxylic acids is 1. The number of rotatable bonds is 4. The van der Waals surface area contributed by atoms with Crippen molar-refractivity contribution < 1.29 is 9.72 Å². The number of aromatic nitrogens is 1. The summed E-state index contributed by atoms with van der Waals surface area (Å²) < 4.78 is 0. The van der Waals surface area contributed by atoms with Crippen LogP contribution in [0.2, 0.25) is 0 Å². The monoisotopic (exact) mass is 390 g/mol. The molecule has 0 N–H and O–H groups in total. The zero-order valence-corrected chi connectivity index (χ0v) is 16.2. The van der Waals surface area contributed by atoms with Crippen molar-refractivity contribution in [1.29, 1.82) is 0 Å². The molecule has 29 heavy (non-hydrogen) atoms. The summed E-state index contributed by atoms with van der Waals surface area (Å²) >= 11 is 0. The summed E-state index contributed by atoms with van der Waals surface area (Å²) in [5.41, 5.74) is 3.46. The van der Waals surface area contributed by atoms with E-state index in [1.807, 2.05) is 29.2 Å². The van der Waals surface area contributed by atoms with Crippen molar-refractivity contribution in [3.8, 4) is 0 Å². The molecule has 0 aliphatic carbocycles. The first-order chi connectivity index (χ1) is 14.1. The van der Waals surface area contributed by atoms with Gasteiger partial charge in [-0.25, -0.2) is 0 Å². The van der Waals surface area contributed by atoms with Crippen LogP contribution in [0.1, 0.15) is 22.8 Å². The molecule has 0 unspecified atom stereocenters. The van der Waals surface area contributed by atoms with Gasteiger partial charge in [0.05, 0.1) is 16.0 Å². The fraction of sp³-hybridized carbons (Fsp3) is 0.273. The number of aryl methyl sites for hydroxylation is 1. The molecule has 0 saturated carbocycles. The SMILES string of the molecule is CCc1ccc(C(=O)N2CCN(c3ccc([N+](=O)[O-])c4cccnc34)CC2)cc1. The van der Waals surface area contributed by atoms with Gasteiger partial charge in [0.15, 0.2) is 0 Å². The molecule has 1 aromatic heterocycles. The molecule has 148 valence electrons. The average Bonchev–Trinajstić information content (AvgIpc) is 2.78. The number of anilines is 1. The van der Waals surface area contributed by atoms with Gasteiger partial charge in [0.2, 0.25) is 0 Å². The molecule has 0 radical (unpaired) electrons. The molecule has 1 fully saturated rings. The minimum Gasteiger partial charge on any atom is -0.366 e. The van der Waals surface area contributed by atoms with Crippen molar-refractivity contribution in [2.75, 3.05) is 31.1 Å². The molecular formula is C22H22N4O3. The number of nitro groups is 1. The molecule has 1 aliphatic rings. The molecule has 7 nitrogen and oxygen atoms in total. The summed E-state index contributed by atoms with van der Waals surface area (Å²) in [5.74, 6) is 0.0407. The highest BCUT2D eigenvalue weighted by Crippen LogP contribution is 2.32. The zero-order valence-electron chi connectivity index (χ0n) is 16.2. The largest absolute Gasteiger partial charge is 0.366 e. The lowest BCUT2D eigenvalue weighted by Crippen LogP contribution is -2.48. The third kappa shape index (κ3) is 3.63. The zero-order chi connectivity index (χ0) is 20.4. The van der Waals surface area contributed by atoms with Crippen LogP contribution in [-0.2, 0) is 6.42 Å². The maximum absolute atomic E-state index is 12.8. The van der Waals surface area contributed by atoms with Crippen LogP contribution in [-0.4, -0.2) is 46.9 Å². The van der Waals surface area contributed by atoms with E-state index in [0.717, 1.165) is 12.1 Å². The van der Waals surface area contributed by atoms with Gasteiger partial charge in [-0.15, -0.1) is 0 Å². The van der Waals surface area contributed by atoms with Gasteiger partial charge in [0.1, 0.15) is 5.52 Å².